The monoisotopic (exact) mass is 382 g/mol. The Kier molecular flexibility index (Phi) is 6.20. The van der Waals surface area contributed by atoms with Crippen LogP contribution >= 0.6 is 0 Å². The second kappa shape index (κ2) is 8.01. The van der Waals surface area contributed by atoms with Gasteiger partial charge in [0.1, 0.15) is 0 Å². The molecule has 2 rings (SSSR count). The lowest BCUT2D eigenvalue weighted by Crippen LogP contribution is -2.52. The van der Waals surface area contributed by atoms with E-state index in [1.807, 2.05) is 17.1 Å². The van der Waals surface area contributed by atoms with E-state index in [-0.39, 0.29) is 13.1 Å². The summed E-state index contributed by atoms with van der Waals surface area (Å²) in [5.41, 5.74) is 3.86. The van der Waals surface area contributed by atoms with Crippen LogP contribution in [0.3, 0.4) is 0 Å². The van der Waals surface area contributed by atoms with E-state index in [1.165, 1.54) is 0 Å². The fourth-order valence-electron chi connectivity index (χ4n) is 2.44. The van der Waals surface area contributed by atoms with Crippen molar-refractivity contribution in [3.63, 3.8) is 0 Å². The van der Waals surface area contributed by atoms with Crippen LogP contribution in [0.4, 0.5) is 31.1 Å². The third kappa shape index (κ3) is 5.67. The molecule has 0 aromatic rings. The maximum atomic E-state index is 12.5. The summed E-state index contributed by atoms with van der Waals surface area (Å²) < 4.78 is 78.4. The molecule has 26 heavy (non-hydrogen) atoms. The van der Waals surface area contributed by atoms with Crippen LogP contribution in [0.15, 0.2) is 41.7 Å². The number of ether oxygens (including phenoxy) is 1. The molecule has 1 saturated heterocycles. The number of rotatable bonds is 3. The van der Waals surface area contributed by atoms with Gasteiger partial charge in [0.2, 0.25) is 0 Å². The van der Waals surface area contributed by atoms with Crippen molar-refractivity contribution in [3.8, 4) is 0 Å². The number of piperazine rings is 1. The molecule has 144 valence electrons. The molecule has 0 saturated carbocycles. The number of alkyl halides is 6. The Morgan fingerprint density at radius 3 is 2.27 bits per heavy atom. The van der Waals surface area contributed by atoms with Gasteiger partial charge in [-0.1, -0.05) is 12.2 Å². The van der Waals surface area contributed by atoms with Crippen molar-refractivity contribution in [2.45, 2.75) is 18.5 Å². The van der Waals surface area contributed by atoms with E-state index >= 15 is 0 Å². The summed E-state index contributed by atoms with van der Waals surface area (Å²) in [6, 6.07) is 0. The van der Waals surface area contributed by atoms with E-state index in [9.17, 15) is 31.1 Å². The van der Waals surface area contributed by atoms with Crippen molar-refractivity contribution >= 4 is 6.09 Å². The molecule has 0 aromatic carbocycles. The highest BCUT2D eigenvalue weighted by Crippen LogP contribution is 2.36. The van der Waals surface area contributed by atoms with E-state index in [2.05, 4.69) is 10.5 Å². The smallest absolute Gasteiger partial charge is 0.426 e. The molecule has 2 aliphatic rings. The van der Waals surface area contributed by atoms with Crippen molar-refractivity contribution in [2.24, 2.45) is 0 Å². The maximum Gasteiger partial charge on any atom is 0.434 e. The van der Waals surface area contributed by atoms with Gasteiger partial charge in [0.15, 0.2) is 0 Å². The van der Waals surface area contributed by atoms with Gasteiger partial charge in [-0.25, -0.2) is 4.79 Å². The molecule has 0 unspecified atom stereocenters. The van der Waals surface area contributed by atoms with E-state index in [0.717, 1.165) is 10.5 Å². The number of amides is 1. The fraction of sp³-hybridized carbons (Fsp3) is 0.500. The van der Waals surface area contributed by atoms with Crippen LogP contribution in [0.5, 0.6) is 0 Å². The zero-order chi connectivity index (χ0) is 19.4. The summed E-state index contributed by atoms with van der Waals surface area (Å²) in [5.74, 6) is 0. The summed E-state index contributed by atoms with van der Waals surface area (Å²) in [6.07, 6.45) is -8.19. The Morgan fingerprint density at radius 2 is 1.69 bits per heavy atom. The minimum atomic E-state index is -5.71. The largest absolute Gasteiger partial charge is 0.434 e. The minimum Gasteiger partial charge on any atom is -0.426 e. The Morgan fingerprint density at radius 1 is 1.08 bits per heavy atom. The third-order valence-corrected chi connectivity index (χ3v) is 3.75. The molecular weight excluding hydrogens is 366 g/mol. The Bertz CT molecular complexity index is 622. The van der Waals surface area contributed by atoms with Crippen molar-refractivity contribution in [1.82, 2.24) is 9.80 Å². The number of hydrogen-bond donors (Lipinski definition) is 0. The van der Waals surface area contributed by atoms with Crippen molar-refractivity contribution < 1.29 is 35.9 Å². The second-order valence-electron chi connectivity index (χ2n) is 5.71. The van der Waals surface area contributed by atoms with Crippen LogP contribution in [-0.4, -0.2) is 67.1 Å². The third-order valence-electron chi connectivity index (χ3n) is 3.75. The number of nitrogens with zero attached hydrogens (tertiary/aromatic N) is 2. The number of hydrogen-bond acceptors (Lipinski definition) is 3. The lowest BCUT2D eigenvalue weighted by Gasteiger charge is -2.35. The summed E-state index contributed by atoms with van der Waals surface area (Å²) >= 11 is 0. The first-order valence-electron chi connectivity index (χ1n) is 7.67. The number of allylic oxidation sites excluding steroid dienone is 3. The van der Waals surface area contributed by atoms with Crippen LogP contribution in [-0.2, 0) is 4.74 Å². The van der Waals surface area contributed by atoms with E-state index in [1.54, 1.807) is 18.2 Å². The van der Waals surface area contributed by atoms with Crippen molar-refractivity contribution in [3.05, 3.63) is 41.7 Å². The van der Waals surface area contributed by atoms with Crippen molar-refractivity contribution in [2.75, 3.05) is 32.7 Å². The average molecular weight is 382 g/mol. The lowest BCUT2D eigenvalue weighted by atomic mass is 10.2. The summed E-state index contributed by atoms with van der Waals surface area (Å²) in [5, 5.41) is 0. The zero-order valence-electron chi connectivity index (χ0n) is 13.5. The summed E-state index contributed by atoms with van der Waals surface area (Å²) in [4.78, 5) is 14.5. The minimum absolute atomic E-state index is 0.0215. The number of carbonyl (C=O) groups excluding carboxylic acids is 1. The molecular formula is C16H16F6N2O2. The van der Waals surface area contributed by atoms with Crippen LogP contribution in [0.1, 0.15) is 0 Å². The first-order valence-corrected chi connectivity index (χ1v) is 7.67. The van der Waals surface area contributed by atoms with Crippen LogP contribution in [0.2, 0.25) is 0 Å². The van der Waals surface area contributed by atoms with Gasteiger partial charge >= 0.3 is 18.4 Å². The summed E-state index contributed by atoms with van der Waals surface area (Å²) in [6.45, 7) is 1.11. The Labute approximate surface area is 145 Å². The highest BCUT2D eigenvalue weighted by atomic mass is 19.4. The maximum absolute atomic E-state index is 12.5. The molecule has 1 aliphatic heterocycles. The molecule has 1 amide bonds. The van der Waals surface area contributed by atoms with Crippen molar-refractivity contribution in [1.29, 1.82) is 0 Å². The Balaban J connectivity index is 1.88. The Hall–Kier alpha value is -2.19. The summed E-state index contributed by atoms with van der Waals surface area (Å²) in [7, 11) is 0. The molecule has 0 N–H and O–H groups in total. The predicted molar refractivity (Wildman–Crippen MR) is 80.3 cm³/mol. The molecule has 4 nitrogen and oxygen atoms in total. The van der Waals surface area contributed by atoms with Gasteiger partial charge in [-0.15, -0.1) is 5.73 Å². The van der Waals surface area contributed by atoms with Gasteiger partial charge in [0.25, 0.3) is 6.10 Å². The fourth-order valence-corrected chi connectivity index (χ4v) is 2.44. The number of halogens is 6. The predicted octanol–water partition coefficient (Wildman–Crippen LogP) is 3.44. The van der Waals surface area contributed by atoms with Crippen LogP contribution in [0, 0.1) is 0 Å². The molecule has 10 heteroatoms. The molecule has 1 heterocycles. The van der Waals surface area contributed by atoms with Gasteiger partial charge in [-0.3, -0.25) is 4.90 Å². The zero-order valence-corrected chi connectivity index (χ0v) is 13.5. The molecule has 0 spiro atoms. The molecule has 1 fully saturated rings. The second-order valence-corrected chi connectivity index (χ2v) is 5.71. The van der Waals surface area contributed by atoms with Gasteiger partial charge in [-0.2, -0.15) is 26.3 Å². The van der Waals surface area contributed by atoms with Gasteiger partial charge < -0.3 is 9.64 Å². The van der Waals surface area contributed by atoms with Crippen LogP contribution < -0.4 is 0 Å². The first-order chi connectivity index (χ1) is 12.1. The highest BCUT2D eigenvalue weighted by molar-refractivity contribution is 5.68. The number of carbonyl (C=O) groups is 1. The molecule has 0 atom stereocenters. The van der Waals surface area contributed by atoms with Gasteiger partial charge in [-0.05, 0) is 23.8 Å². The standard InChI is InChI=1S/C16H16F6N2O2/c17-15(18,19)13(16(20,21)22)26-14(25)24-9-7-23(8-10-24)11-12-5-3-1-2-4-6-12/h1,3-6,13H,7-11H2. The van der Waals surface area contributed by atoms with Gasteiger partial charge in [0, 0.05) is 32.7 Å². The molecule has 0 aromatic heterocycles. The first kappa shape index (κ1) is 20.1. The topological polar surface area (TPSA) is 32.8 Å². The van der Waals surface area contributed by atoms with Gasteiger partial charge in [0.05, 0.1) is 0 Å². The molecule has 0 bridgehead atoms. The highest BCUT2D eigenvalue weighted by Gasteiger charge is 2.60. The average Bonchev–Trinajstić information content (AvgIpc) is 2.79. The lowest BCUT2D eigenvalue weighted by molar-refractivity contribution is -0.308. The van der Waals surface area contributed by atoms with E-state index in [0.29, 0.717) is 19.6 Å². The van der Waals surface area contributed by atoms with E-state index < -0.39 is 24.5 Å². The molecule has 1 aliphatic carbocycles. The van der Waals surface area contributed by atoms with Crippen LogP contribution in [0.25, 0.3) is 0 Å². The SMILES string of the molecule is O=C(OC(C(F)(F)F)C(F)(F)F)N1CCN(CC2=CC=C=CC=C2)CC1. The van der Waals surface area contributed by atoms with E-state index in [4.69, 9.17) is 0 Å². The molecule has 0 radical (unpaired) electrons. The quantitative estimate of drug-likeness (QED) is 0.554. The normalized spacial score (nSPS) is 18.9.